The van der Waals surface area contributed by atoms with Crippen molar-refractivity contribution >= 4 is 35.5 Å². The number of aliphatic carboxylic acids is 1. The Morgan fingerprint density at radius 3 is 2.33 bits per heavy atom. The van der Waals surface area contributed by atoms with E-state index >= 15 is 0 Å². The number of hydrogen-bond acceptors (Lipinski definition) is 7. The van der Waals surface area contributed by atoms with Crippen LogP contribution in [0.1, 0.15) is 52.5 Å². The van der Waals surface area contributed by atoms with Crippen LogP contribution in [0.4, 0.5) is 10.5 Å². The molecule has 1 aromatic carbocycles. The van der Waals surface area contributed by atoms with Gasteiger partial charge < -0.3 is 25.6 Å². The fraction of sp³-hybridized carbons (Fsp3) is 0.480. The van der Waals surface area contributed by atoms with Crippen molar-refractivity contribution < 1.29 is 38.9 Å². The van der Waals surface area contributed by atoms with E-state index in [1.807, 2.05) is 0 Å². The molecule has 4 amide bonds. The molecule has 4 N–H and O–H groups in total. The molecule has 1 aromatic rings. The summed E-state index contributed by atoms with van der Waals surface area (Å²) in [5, 5.41) is 24.8. The molecular formula is C25H33N3O8. The molecule has 0 aromatic heterocycles. The topological polar surface area (TPSA) is 162 Å². The zero-order valence-corrected chi connectivity index (χ0v) is 20.9. The highest BCUT2D eigenvalue weighted by Crippen LogP contribution is 2.26. The van der Waals surface area contributed by atoms with E-state index in [2.05, 4.69) is 10.6 Å². The second kappa shape index (κ2) is 12.2. The largest absolute Gasteiger partial charge is 0.506 e. The maximum absolute atomic E-state index is 12.4. The van der Waals surface area contributed by atoms with E-state index in [-0.39, 0.29) is 43.7 Å². The summed E-state index contributed by atoms with van der Waals surface area (Å²) in [6.45, 7) is 6.79. The van der Waals surface area contributed by atoms with Crippen molar-refractivity contribution in [2.24, 2.45) is 5.92 Å². The lowest BCUT2D eigenvalue weighted by molar-refractivity contribution is -0.141. The molecule has 2 rings (SSSR count). The number of aromatic hydroxyl groups is 1. The van der Waals surface area contributed by atoms with Crippen LogP contribution in [-0.4, -0.2) is 63.1 Å². The van der Waals surface area contributed by atoms with Crippen LogP contribution in [0.5, 0.6) is 5.75 Å². The van der Waals surface area contributed by atoms with Gasteiger partial charge in [-0.3, -0.25) is 24.1 Å². The Kier molecular flexibility index (Phi) is 9.60. The number of carbonyl (C=O) groups excluding carboxylic acids is 4. The molecule has 0 aliphatic carbocycles. The lowest BCUT2D eigenvalue weighted by atomic mass is 9.96. The van der Waals surface area contributed by atoms with Crippen LogP contribution in [0.25, 0.3) is 0 Å². The van der Waals surface area contributed by atoms with Crippen molar-refractivity contribution in [3.05, 3.63) is 35.9 Å². The summed E-state index contributed by atoms with van der Waals surface area (Å²) in [5.41, 5.74) is 0.0606. The predicted molar refractivity (Wildman–Crippen MR) is 130 cm³/mol. The van der Waals surface area contributed by atoms with Gasteiger partial charge in [0.15, 0.2) is 0 Å². The number of carboxylic acids is 1. The number of imide groups is 1. The summed E-state index contributed by atoms with van der Waals surface area (Å²) in [6.07, 6.45) is 2.30. The number of ether oxygens (including phenoxy) is 1. The third-order valence-electron chi connectivity index (χ3n) is 5.28. The zero-order chi connectivity index (χ0) is 27.0. The summed E-state index contributed by atoms with van der Waals surface area (Å²) >= 11 is 0. The molecule has 11 heteroatoms. The molecule has 0 bridgehead atoms. The monoisotopic (exact) mass is 503 g/mol. The Balaban J connectivity index is 2.02. The molecule has 0 fully saturated rings. The number of nitrogens with one attached hydrogen (secondary N) is 2. The third-order valence-corrected chi connectivity index (χ3v) is 5.28. The number of phenolic OH excluding ortho intramolecular Hbond substituents is 1. The number of benzene rings is 1. The summed E-state index contributed by atoms with van der Waals surface area (Å²) < 4.78 is 5.29. The summed E-state index contributed by atoms with van der Waals surface area (Å²) in [6, 6.07) is 3.96. The smallest absolute Gasteiger partial charge is 0.407 e. The first-order valence-corrected chi connectivity index (χ1v) is 11.6. The lowest BCUT2D eigenvalue weighted by Gasteiger charge is -2.25. The van der Waals surface area contributed by atoms with Gasteiger partial charge in [-0.2, -0.15) is 0 Å². The highest BCUT2D eigenvalue weighted by atomic mass is 16.6. The number of carboxylic acid groups (broad SMARTS) is 1. The maximum Gasteiger partial charge on any atom is 0.407 e. The predicted octanol–water partition coefficient (Wildman–Crippen LogP) is 2.58. The van der Waals surface area contributed by atoms with Crippen LogP contribution in [0, 0.1) is 5.92 Å². The second-order valence-corrected chi connectivity index (χ2v) is 9.69. The van der Waals surface area contributed by atoms with Crippen molar-refractivity contribution in [2.45, 2.75) is 65.0 Å². The number of hydrogen-bond donors (Lipinski definition) is 4. The highest BCUT2D eigenvalue weighted by molar-refractivity contribution is 6.12. The summed E-state index contributed by atoms with van der Waals surface area (Å²) in [7, 11) is 0. The van der Waals surface area contributed by atoms with Crippen molar-refractivity contribution in [1.29, 1.82) is 0 Å². The standard InChI is InChI=1S/C25H33N3O8/c1-15(23(33)34)12-17(26-24(35)36-25(2,3)4)13-16-7-8-19(29)18(14-16)27-20(30)6-5-11-28-21(31)9-10-22(28)32/h7-10,14-15,17,29H,5-6,11-13H2,1-4H3,(H,26,35)(H,27,30)(H,33,34)/t15-,17-/m1/s1. The van der Waals surface area contributed by atoms with E-state index in [1.54, 1.807) is 32.9 Å². The van der Waals surface area contributed by atoms with E-state index in [0.29, 0.717) is 5.56 Å². The Hall–Kier alpha value is -3.89. The van der Waals surface area contributed by atoms with Gasteiger partial charge in [-0.25, -0.2) is 4.79 Å². The van der Waals surface area contributed by atoms with Gasteiger partial charge >= 0.3 is 12.1 Å². The molecule has 0 radical (unpaired) electrons. The Bertz CT molecular complexity index is 1030. The van der Waals surface area contributed by atoms with Crippen molar-refractivity contribution in [3.8, 4) is 5.75 Å². The molecule has 0 spiro atoms. The average Bonchev–Trinajstić information content (AvgIpc) is 3.06. The Labute approximate surface area is 209 Å². The van der Waals surface area contributed by atoms with Crippen LogP contribution in [-0.2, 0) is 30.3 Å². The molecule has 1 aliphatic rings. The van der Waals surface area contributed by atoms with E-state index in [1.165, 1.54) is 25.1 Å². The van der Waals surface area contributed by atoms with Gasteiger partial charge in [-0.05, 0) is 57.7 Å². The molecular weight excluding hydrogens is 470 g/mol. The van der Waals surface area contributed by atoms with E-state index in [4.69, 9.17) is 4.74 Å². The minimum Gasteiger partial charge on any atom is -0.506 e. The van der Waals surface area contributed by atoms with Gasteiger partial charge in [0.2, 0.25) is 5.91 Å². The summed E-state index contributed by atoms with van der Waals surface area (Å²) in [5.74, 6) is -3.16. The van der Waals surface area contributed by atoms with Crippen molar-refractivity contribution in [2.75, 3.05) is 11.9 Å². The van der Waals surface area contributed by atoms with Gasteiger partial charge in [0, 0.05) is 31.2 Å². The molecule has 1 heterocycles. The Morgan fingerprint density at radius 1 is 1.11 bits per heavy atom. The first-order valence-electron chi connectivity index (χ1n) is 11.6. The van der Waals surface area contributed by atoms with E-state index in [0.717, 1.165) is 4.90 Å². The number of carbonyl (C=O) groups is 5. The maximum atomic E-state index is 12.4. The molecule has 2 atom stereocenters. The first kappa shape index (κ1) is 28.3. The summed E-state index contributed by atoms with van der Waals surface area (Å²) in [4.78, 5) is 60.2. The second-order valence-electron chi connectivity index (χ2n) is 9.69. The molecule has 1 aliphatic heterocycles. The van der Waals surface area contributed by atoms with Crippen LogP contribution in [0.3, 0.4) is 0 Å². The lowest BCUT2D eigenvalue weighted by Crippen LogP contribution is -2.41. The van der Waals surface area contributed by atoms with Crippen molar-refractivity contribution in [1.82, 2.24) is 10.2 Å². The molecule has 196 valence electrons. The number of amides is 4. The number of rotatable bonds is 11. The number of nitrogens with zero attached hydrogens (tertiary/aromatic N) is 1. The number of alkyl carbamates (subject to hydrolysis) is 1. The molecule has 0 unspecified atom stereocenters. The molecule has 11 nitrogen and oxygen atoms in total. The van der Waals surface area contributed by atoms with Crippen LogP contribution >= 0.6 is 0 Å². The Morgan fingerprint density at radius 2 is 1.75 bits per heavy atom. The number of phenols is 1. The first-order chi connectivity index (χ1) is 16.7. The van der Waals surface area contributed by atoms with Crippen LogP contribution in [0.2, 0.25) is 0 Å². The minimum absolute atomic E-state index is 0.0136. The fourth-order valence-electron chi connectivity index (χ4n) is 3.55. The van der Waals surface area contributed by atoms with Gasteiger partial charge in [0.1, 0.15) is 11.4 Å². The van der Waals surface area contributed by atoms with Gasteiger partial charge in [0.25, 0.3) is 11.8 Å². The van der Waals surface area contributed by atoms with Gasteiger partial charge in [0.05, 0.1) is 11.6 Å². The van der Waals surface area contributed by atoms with E-state index in [9.17, 15) is 34.2 Å². The molecule has 0 saturated carbocycles. The van der Waals surface area contributed by atoms with Gasteiger partial charge in [-0.15, -0.1) is 0 Å². The van der Waals surface area contributed by atoms with Crippen LogP contribution in [0.15, 0.2) is 30.4 Å². The van der Waals surface area contributed by atoms with Gasteiger partial charge in [-0.1, -0.05) is 13.0 Å². The van der Waals surface area contributed by atoms with Crippen LogP contribution < -0.4 is 10.6 Å². The average molecular weight is 504 g/mol. The fourth-order valence-corrected chi connectivity index (χ4v) is 3.55. The van der Waals surface area contributed by atoms with Crippen molar-refractivity contribution in [3.63, 3.8) is 0 Å². The third kappa shape index (κ3) is 9.05. The minimum atomic E-state index is -1.00. The normalized spacial score (nSPS) is 14.9. The quantitative estimate of drug-likeness (QED) is 0.264. The number of anilines is 1. The molecule has 36 heavy (non-hydrogen) atoms. The SMILES string of the molecule is C[C@H](C[C@H](Cc1ccc(O)c(NC(=O)CCCN2C(=O)C=CC2=O)c1)NC(=O)OC(C)(C)C)C(=O)O. The highest BCUT2D eigenvalue weighted by Gasteiger charge is 2.25. The molecule has 0 saturated heterocycles. The zero-order valence-electron chi connectivity index (χ0n) is 20.9. The van der Waals surface area contributed by atoms with E-state index < -0.39 is 47.3 Å².